The monoisotopic (exact) mass is 333 g/mol. The molecule has 0 bridgehead atoms. The van der Waals surface area contributed by atoms with Gasteiger partial charge in [0.25, 0.3) is 0 Å². The van der Waals surface area contributed by atoms with Crippen LogP contribution < -0.4 is 25.6 Å². The Morgan fingerprint density at radius 3 is 2.50 bits per heavy atom. The van der Waals surface area contributed by atoms with Gasteiger partial charge in [-0.2, -0.15) is 0 Å². The number of rotatable bonds is 6. The molecule has 0 aliphatic carbocycles. The molecule has 24 heavy (non-hydrogen) atoms. The molecule has 8 heteroatoms. The van der Waals surface area contributed by atoms with Gasteiger partial charge in [0, 0.05) is 19.1 Å². The molecule has 1 amide bonds. The van der Waals surface area contributed by atoms with Gasteiger partial charge in [-0.25, -0.2) is 4.39 Å². The van der Waals surface area contributed by atoms with E-state index in [1.54, 1.807) is 12.1 Å². The number of ether oxygens (including phenoxy) is 2. The zero-order valence-corrected chi connectivity index (χ0v) is 12.7. The van der Waals surface area contributed by atoms with E-state index < -0.39 is 24.3 Å². The fraction of sp³-hybridized carbons (Fsp3) is 0.125. The van der Waals surface area contributed by atoms with Crippen LogP contribution in [0.4, 0.5) is 15.8 Å². The highest BCUT2D eigenvalue weighted by atomic mass is 19.1. The summed E-state index contributed by atoms with van der Waals surface area (Å²) < 4.78 is 24.4. The molecule has 0 aromatic heterocycles. The predicted octanol–water partition coefficient (Wildman–Crippen LogP) is 1.29. The van der Waals surface area contributed by atoms with Crippen LogP contribution >= 0.6 is 0 Å². The maximum Gasteiger partial charge on any atom is 0.221 e. The van der Waals surface area contributed by atoms with Gasteiger partial charge in [0.05, 0.1) is 17.3 Å². The van der Waals surface area contributed by atoms with Crippen molar-refractivity contribution in [1.82, 2.24) is 0 Å². The smallest absolute Gasteiger partial charge is 0.221 e. The van der Waals surface area contributed by atoms with Gasteiger partial charge in [0.2, 0.25) is 5.91 Å². The first-order valence-electron chi connectivity index (χ1n) is 6.83. The van der Waals surface area contributed by atoms with E-state index in [0.29, 0.717) is 0 Å². The van der Waals surface area contributed by atoms with Gasteiger partial charge in [-0.15, -0.1) is 0 Å². The number of carbonyl (C=O) groups excluding carboxylic acids is 2. The van der Waals surface area contributed by atoms with Gasteiger partial charge in [-0.1, -0.05) is 12.1 Å². The number of nitrogens with two attached hydrogens (primary N) is 1. The number of halogens is 1. The third-order valence-electron chi connectivity index (χ3n) is 2.82. The summed E-state index contributed by atoms with van der Waals surface area (Å²) >= 11 is 0. The van der Waals surface area contributed by atoms with Crippen LogP contribution in [0.25, 0.3) is 0 Å². The Labute approximate surface area is 136 Å². The molecule has 0 radical (unpaired) electrons. The first-order valence-corrected chi connectivity index (χ1v) is 6.83. The Morgan fingerprint density at radius 2 is 1.88 bits per heavy atom. The van der Waals surface area contributed by atoms with Crippen LogP contribution in [0, 0.1) is 5.82 Å². The molecular formula is C16H14FN2O5-. The number of carboxylic acids is 1. The summed E-state index contributed by atoms with van der Waals surface area (Å²) in [5.74, 6) is -2.17. The standard InChI is InChI=1S/C16H15FN2O5/c1-9(20)19-12-7-15(11(18)6-10(12)17)24-14-5-3-2-4-13(14)23-8-16(21)22/h2-7H,8,18H2,1H3,(H,19,20)(H,21,22)/p-1. The van der Waals surface area contributed by atoms with Gasteiger partial charge in [0.1, 0.15) is 12.4 Å². The molecule has 0 aliphatic rings. The number of para-hydroxylation sites is 2. The molecular weight excluding hydrogens is 319 g/mol. The van der Waals surface area contributed by atoms with E-state index in [0.717, 1.165) is 6.07 Å². The van der Waals surface area contributed by atoms with Crippen molar-refractivity contribution in [2.24, 2.45) is 0 Å². The highest BCUT2D eigenvalue weighted by Crippen LogP contribution is 2.36. The quantitative estimate of drug-likeness (QED) is 0.770. The number of carbonyl (C=O) groups is 2. The van der Waals surface area contributed by atoms with Crippen LogP contribution in [-0.4, -0.2) is 18.5 Å². The minimum absolute atomic E-state index is 0.00342. The molecule has 0 saturated carbocycles. The van der Waals surface area contributed by atoms with E-state index in [1.807, 2.05) is 0 Å². The summed E-state index contributed by atoms with van der Waals surface area (Å²) in [6.45, 7) is 0.579. The zero-order valence-electron chi connectivity index (χ0n) is 12.7. The van der Waals surface area contributed by atoms with Gasteiger partial charge in [-0.05, 0) is 12.1 Å². The molecule has 0 heterocycles. The topological polar surface area (TPSA) is 114 Å². The molecule has 0 saturated heterocycles. The fourth-order valence-electron chi connectivity index (χ4n) is 1.85. The normalized spacial score (nSPS) is 10.1. The van der Waals surface area contributed by atoms with Crippen molar-refractivity contribution >= 4 is 23.3 Å². The number of hydrogen-bond acceptors (Lipinski definition) is 6. The number of aliphatic carboxylic acids is 1. The Balaban J connectivity index is 2.31. The SMILES string of the molecule is CC(=O)Nc1cc(Oc2ccccc2OCC(=O)[O-])c(N)cc1F. The van der Waals surface area contributed by atoms with Crippen molar-refractivity contribution in [3.05, 3.63) is 42.2 Å². The van der Waals surface area contributed by atoms with Crippen molar-refractivity contribution in [1.29, 1.82) is 0 Å². The maximum absolute atomic E-state index is 13.8. The second kappa shape index (κ2) is 7.32. The fourth-order valence-corrected chi connectivity index (χ4v) is 1.85. The van der Waals surface area contributed by atoms with Gasteiger partial charge < -0.3 is 30.4 Å². The minimum atomic E-state index is -1.39. The number of amides is 1. The predicted molar refractivity (Wildman–Crippen MR) is 82.1 cm³/mol. The molecule has 126 valence electrons. The highest BCUT2D eigenvalue weighted by Gasteiger charge is 2.13. The first-order chi connectivity index (χ1) is 11.4. The summed E-state index contributed by atoms with van der Waals surface area (Å²) in [5.41, 5.74) is 5.62. The van der Waals surface area contributed by atoms with Crippen LogP contribution in [0.2, 0.25) is 0 Å². The summed E-state index contributed by atoms with van der Waals surface area (Å²) in [6, 6.07) is 8.49. The lowest BCUT2D eigenvalue weighted by Gasteiger charge is -2.15. The molecule has 2 aromatic rings. The Kier molecular flexibility index (Phi) is 5.20. The molecule has 0 unspecified atom stereocenters. The van der Waals surface area contributed by atoms with Crippen molar-refractivity contribution in [2.75, 3.05) is 17.7 Å². The molecule has 2 rings (SSSR count). The van der Waals surface area contributed by atoms with Gasteiger partial charge in [-0.3, -0.25) is 4.79 Å². The second-order valence-corrected chi connectivity index (χ2v) is 4.76. The van der Waals surface area contributed by atoms with Crippen LogP contribution in [0.5, 0.6) is 17.2 Å². The van der Waals surface area contributed by atoms with Crippen LogP contribution in [0.1, 0.15) is 6.92 Å². The number of nitrogen functional groups attached to an aromatic ring is 1. The average molecular weight is 333 g/mol. The van der Waals surface area contributed by atoms with E-state index in [9.17, 15) is 19.1 Å². The van der Waals surface area contributed by atoms with E-state index >= 15 is 0 Å². The van der Waals surface area contributed by atoms with E-state index in [1.165, 1.54) is 25.1 Å². The lowest BCUT2D eigenvalue weighted by atomic mass is 10.2. The third kappa shape index (κ3) is 4.35. The Bertz CT molecular complexity index is 779. The summed E-state index contributed by atoms with van der Waals surface area (Å²) in [4.78, 5) is 21.6. The molecule has 0 aliphatic heterocycles. The Morgan fingerprint density at radius 1 is 1.21 bits per heavy atom. The summed E-state index contributed by atoms with van der Waals surface area (Å²) in [7, 11) is 0. The first kappa shape index (κ1) is 17.1. The van der Waals surface area contributed by atoms with Crippen molar-refractivity contribution < 1.29 is 28.6 Å². The Hall–Kier alpha value is -3.29. The van der Waals surface area contributed by atoms with Crippen LogP contribution in [-0.2, 0) is 9.59 Å². The maximum atomic E-state index is 13.8. The van der Waals surface area contributed by atoms with E-state index in [-0.39, 0.29) is 28.6 Å². The van der Waals surface area contributed by atoms with E-state index in [2.05, 4.69) is 5.32 Å². The average Bonchev–Trinajstić information content (AvgIpc) is 2.50. The number of hydrogen-bond donors (Lipinski definition) is 2. The lowest BCUT2D eigenvalue weighted by molar-refractivity contribution is -0.307. The van der Waals surface area contributed by atoms with Crippen LogP contribution in [0.3, 0.4) is 0 Å². The minimum Gasteiger partial charge on any atom is -0.546 e. The third-order valence-corrected chi connectivity index (χ3v) is 2.82. The molecule has 7 nitrogen and oxygen atoms in total. The number of benzene rings is 2. The number of carboxylic acid groups (broad SMARTS) is 1. The number of nitrogens with one attached hydrogen (secondary N) is 1. The van der Waals surface area contributed by atoms with Crippen molar-refractivity contribution in [2.45, 2.75) is 6.92 Å². The van der Waals surface area contributed by atoms with Crippen molar-refractivity contribution in [3.8, 4) is 17.2 Å². The highest BCUT2D eigenvalue weighted by molar-refractivity contribution is 5.89. The molecule has 3 N–H and O–H groups in total. The van der Waals surface area contributed by atoms with Gasteiger partial charge >= 0.3 is 0 Å². The lowest BCUT2D eigenvalue weighted by Crippen LogP contribution is -2.29. The number of anilines is 2. The second-order valence-electron chi connectivity index (χ2n) is 4.76. The van der Waals surface area contributed by atoms with E-state index in [4.69, 9.17) is 15.2 Å². The molecule has 0 spiro atoms. The zero-order chi connectivity index (χ0) is 17.7. The molecule has 0 atom stereocenters. The summed E-state index contributed by atoms with van der Waals surface area (Å²) in [5, 5.41) is 12.8. The summed E-state index contributed by atoms with van der Waals surface area (Å²) in [6.07, 6.45) is 0. The van der Waals surface area contributed by atoms with Crippen LogP contribution in [0.15, 0.2) is 36.4 Å². The largest absolute Gasteiger partial charge is 0.546 e. The molecule has 2 aromatic carbocycles. The van der Waals surface area contributed by atoms with Crippen molar-refractivity contribution in [3.63, 3.8) is 0 Å². The molecule has 0 fully saturated rings. The van der Waals surface area contributed by atoms with Gasteiger partial charge in [0.15, 0.2) is 17.2 Å².